The molecule has 0 aromatic heterocycles. The number of piperazine rings is 1. The summed E-state index contributed by atoms with van der Waals surface area (Å²) in [7, 11) is -8.57. The van der Waals surface area contributed by atoms with E-state index in [0.29, 0.717) is 36.4 Å². The van der Waals surface area contributed by atoms with Gasteiger partial charge in [-0.05, 0) is 31.2 Å². The Morgan fingerprint density at radius 2 is 1.14 bits per heavy atom. The number of hydrogen-bond acceptors (Lipinski definition) is 4. The smallest absolute Gasteiger partial charge is 0.207 e. The summed E-state index contributed by atoms with van der Waals surface area (Å²) < 4.78 is 106. The Morgan fingerprint density at radius 1 is 0.724 bits per heavy atom. The third-order valence-electron chi connectivity index (χ3n) is 4.45. The maximum atomic E-state index is 13.4. The van der Waals surface area contributed by atoms with E-state index >= 15 is 0 Å². The van der Waals surface area contributed by atoms with E-state index in [9.17, 15) is 34.4 Å². The van der Waals surface area contributed by atoms with Crippen LogP contribution in [0, 0.1) is 23.3 Å². The topological polar surface area (TPSA) is 74.8 Å². The molecule has 3 rings (SSSR count). The first kappa shape index (κ1) is 21.7. The van der Waals surface area contributed by atoms with E-state index in [1.807, 2.05) is 0 Å². The number of benzene rings is 2. The van der Waals surface area contributed by atoms with Crippen molar-refractivity contribution < 1.29 is 34.4 Å². The van der Waals surface area contributed by atoms with Crippen LogP contribution in [0.15, 0.2) is 46.2 Å². The van der Waals surface area contributed by atoms with Crippen LogP contribution in [0.4, 0.5) is 17.6 Å². The van der Waals surface area contributed by atoms with Gasteiger partial charge >= 0.3 is 0 Å². The predicted molar refractivity (Wildman–Crippen MR) is 94.8 cm³/mol. The third kappa shape index (κ3) is 4.29. The predicted octanol–water partition coefficient (Wildman–Crippen LogP) is 2.33. The Morgan fingerprint density at radius 3 is 1.55 bits per heavy atom. The zero-order valence-corrected chi connectivity index (χ0v) is 16.7. The molecule has 158 valence electrons. The highest BCUT2D eigenvalue weighted by Gasteiger charge is 2.38. The van der Waals surface area contributed by atoms with Gasteiger partial charge in [0.1, 0.15) is 23.3 Å². The van der Waals surface area contributed by atoms with Crippen LogP contribution in [-0.4, -0.2) is 51.1 Å². The summed E-state index contributed by atoms with van der Waals surface area (Å²) in [6.45, 7) is 0.499. The Labute approximate surface area is 165 Å². The fourth-order valence-corrected chi connectivity index (χ4v) is 6.33. The van der Waals surface area contributed by atoms with Crippen molar-refractivity contribution in [1.82, 2.24) is 8.61 Å². The van der Waals surface area contributed by atoms with Gasteiger partial charge in [-0.3, -0.25) is 0 Å². The average molecular weight is 452 g/mol. The molecule has 1 fully saturated rings. The van der Waals surface area contributed by atoms with E-state index in [1.54, 1.807) is 0 Å². The molecule has 0 spiro atoms. The first-order chi connectivity index (χ1) is 13.4. The van der Waals surface area contributed by atoms with Gasteiger partial charge in [-0.25, -0.2) is 34.4 Å². The molecule has 2 aromatic rings. The lowest BCUT2D eigenvalue weighted by Crippen LogP contribution is -2.55. The highest BCUT2D eigenvalue weighted by molar-refractivity contribution is 7.89. The molecule has 1 saturated heterocycles. The lowest BCUT2D eigenvalue weighted by atomic mass is 10.3. The van der Waals surface area contributed by atoms with Crippen LogP contribution in [-0.2, 0) is 20.0 Å². The van der Waals surface area contributed by atoms with Crippen LogP contribution in [0.1, 0.15) is 6.92 Å². The van der Waals surface area contributed by atoms with E-state index in [2.05, 4.69) is 0 Å². The molecule has 0 N–H and O–H groups in total. The minimum absolute atomic E-state index is 0.304. The quantitative estimate of drug-likeness (QED) is 0.668. The number of halogens is 4. The van der Waals surface area contributed by atoms with E-state index in [4.69, 9.17) is 0 Å². The first-order valence-electron chi connectivity index (χ1n) is 8.35. The number of sulfonamides is 2. The summed E-state index contributed by atoms with van der Waals surface area (Å²) in [5, 5.41) is 0. The third-order valence-corrected chi connectivity index (χ3v) is 8.28. The van der Waals surface area contributed by atoms with E-state index < -0.39 is 59.1 Å². The van der Waals surface area contributed by atoms with Gasteiger partial charge in [0.05, 0.1) is 9.79 Å². The maximum Gasteiger partial charge on any atom is 0.243 e. The lowest BCUT2D eigenvalue weighted by molar-refractivity contribution is 0.212. The summed E-state index contributed by atoms with van der Waals surface area (Å²) >= 11 is 0. The Bertz CT molecular complexity index is 1120. The van der Waals surface area contributed by atoms with E-state index in [1.165, 1.54) is 6.92 Å². The Kier molecular flexibility index (Phi) is 5.73. The number of rotatable bonds is 4. The van der Waals surface area contributed by atoms with E-state index in [-0.39, 0.29) is 19.6 Å². The SMILES string of the molecule is C[C@@H]1CN(S(=O)(=O)c2cc(F)cc(F)c2)CCN1S(=O)(=O)c1cc(F)cc(F)c1. The van der Waals surface area contributed by atoms with Gasteiger partial charge in [-0.2, -0.15) is 8.61 Å². The summed E-state index contributed by atoms with van der Waals surface area (Å²) in [5.74, 6) is -4.26. The average Bonchev–Trinajstić information content (AvgIpc) is 2.59. The van der Waals surface area contributed by atoms with Gasteiger partial charge in [-0.15, -0.1) is 0 Å². The second-order valence-corrected chi connectivity index (χ2v) is 10.4. The fraction of sp³-hybridized carbons (Fsp3) is 0.294. The molecule has 1 aliphatic rings. The molecule has 0 bridgehead atoms. The minimum Gasteiger partial charge on any atom is -0.207 e. The largest absolute Gasteiger partial charge is 0.243 e. The van der Waals surface area contributed by atoms with Crippen LogP contribution in [0.25, 0.3) is 0 Å². The standard InChI is InChI=1S/C17H16F4N2O4S2/c1-11-10-22(28(24,25)16-6-12(18)4-13(19)7-16)2-3-23(11)29(26,27)17-8-14(20)5-15(21)9-17/h4-9,11H,2-3,10H2,1H3/t11-/m1/s1. The molecule has 29 heavy (non-hydrogen) atoms. The number of nitrogens with zero attached hydrogens (tertiary/aromatic N) is 2. The molecular formula is C17H16F4N2O4S2. The highest BCUT2D eigenvalue weighted by atomic mass is 32.2. The molecule has 1 aliphatic heterocycles. The van der Waals surface area contributed by atoms with Crippen molar-refractivity contribution in [2.75, 3.05) is 19.6 Å². The van der Waals surface area contributed by atoms with Crippen molar-refractivity contribution in [1.29, 1.82) is 0 Å². The minimum atomic E-state index is -4.29. The molecule has 12 heteroatoms. The molecule has 0 aliphatic carbocycles. The zero-order chi connectivity index (χ0) is 21.6. The summed E-state index contributed by atoms with van der Waals surface area (Å²) in [4.78, 5) is -1.18. The lowest BCUT2D eigenvalue weighted by Gasteiger charge is -2.38. The molecule has 1 atom stereocenters. The molecule has 1 heterocycles. The van der Waals surface area contributed by atoms with Gasteiger partial charge < -0.3 is 0 Å². The zero-order valence-electron chi connectivity index (χ0n) is 15.0. The van der Waals surface area contributed by atoms with Crippen molar-refractivity contribution in [2.24, 2.45) is 0 Å². The van der Waals surface area contributed by atoms with Gasteiger partial charge in [-0.1, -0.05) is 0 Å². The molecule has 0 saturated carbocycles. The monoisotopic (exact) mass is 452 g/mol. The van der Waals surface area contributed by atoms with Crippen LogP contribution in [0.2, 0.25) is 0 Å². The normalized spacial score (nSPS) is 19.4. The van der Waals surface area contributed by atoms with Gasteiger partial charge in [0.2, 0.25) is 20.0 Å². The van der Waals surface area contributed by atoms with Gasteiger partial charge in [0.15, 0.2) is 0 Å². The van der Waals surface area contributed by atoms with Crippen molar-refractivity contribution in [3.8, 4) is 0 Å². The van der Waals surface area contributed by atoms with Crippen LogP contribution in [0.3, 0.4) is 0 Å². The van der Waals surface area contributed by atoms with Crippen molar-refractivity contribution in [3.05, 3.63) is 59.7 Å². The molecule has 0 unspecified atom stereocenters. The van der Waals surface area contributed by atoms with Crippen molar-refractivity contribution >= 4 is 20.0 Å². The van der Waals surface area contributed by atoms with Crippen LogP contribution in [0.5, 0.6) is 0 Å². The molecule has 0 amide bonds. The Balaban J connectivity index is 1.87. The van der Waals surface area contributed by atoms with Gasteiger partial charge in [0, 0.05) is 37.8 Å². The maximum absolute atomic E-state index is 13.4. The molecule has 0 radical (unpaired) electrons. The Hall–Kier alpha value is -2.02. The van der Waals surface area contributed by atoms with Crippen LogP contribution < -0.4 is 0 Å². The molecular weight excluding hydrogens is 436 g/mol. The second kappa shape index (κ2) is 7.67. The fourth-order valence-electron chi connectivity index (χ4n) is 3.12. The van der Waals surface area contributed by atoms with Crippen molar-refractivity contribution in [2.45, 2.75) is 22.8 Å². The second-order valence-electron chi connectivity index (χ2n) is 6.54. The highest BCUT2D eigenvalue weighted by Crippen LogP contribution is 2.26. The molecule has 6 nitrogen and oxygen atoms in total. The number of hydrogen-bond donors (Lipinski definition) is 0. The summed E-state index contributed by atoms with van der Waals surface area (Å²) in [6.07, 6.45) is 0. The van der Waals surface area contributed by atoms with Gasteiger partial charge in [0.25, 0.3) is 0 Å². The van der Waals surface area contributed by atoms with Crippen molar-refractivity contribution in [3.63, 3.8) is 0 Å². The van der Waals surface area contributed by atoms with E-state index in [0.717, 1.165) is 8.61 Å². The molecule has 2 aromatic carbocycles. The summed E-state index contributed by atoms with van der Waals surface area (Å²) in [5.41, 5.74) is 0. The summed E-state index contributed by atoms with van der Waals surface area (Å²) in [6, 6.07) is 2.85. The van der Waals surface area contributed by atoms with Crippen LogP contribution >= 0.6 is 0 Å². The first-order valence-corrected chi connectivity index (χ1v) is 11.2.